The third-order valence-corrected chi connectivity index (χ3v) is 6.09. The van der Waals surface area contributed by atoms with Crippen molar-refractivity contribution < 1.29 is 0 Å². The van der Waals surface area contributed by atoms with Crippen LogP contribution in [-0.4, -0.2) is 45.8 Å². The molecule has 7 heteroatoms. The molecule has 0 amide bonds. The van der Waals surface area contributed by atoms with Gasteiger partial charge in [0, 0.05) is 72.4 Å². The molecule has 0 radical (unpaired) electrons. The van der Waals surface area contributed by atoms with E-state index < -0.39 is 0 Å². The van der Waals surface area contributed by atoms with Gasteiger partial charge in [-0.1, -0.05) is 24.3 Å². The molecule has 32 heavy (non-hydrogen) atoms. The normalized spacial score (nSPS) is 14.3. The predicted octanol–water partition coefficient (Wildman–Crippen LogP) is 3.31. The van der Waals surface area contributed by atoms with E-state index in [0.29, 0.717) is 0 Å². The highest BCUT2D eigenvalue weighted by Gasteiger charge is 2.13. The van der Waals surface area contributed by atoms with E-state index in [1.165, 1.54) is 5.69 Å². The Balaban J connectivity index is 1.36. The molecule has 2 N–H and O–H groups in total. The number of nitrogens with one attached hydrogen (secondary N) is 2. The first kappa shape index (κ1) is 18.8. The maximum atomic E-state index is 11.7. The second kappa shape index (κ2) is 7.62. The fourth-order valence-corrected chi connectivity index (χ4v) is 4.42. The number of anilines is 1. The molecule has 0 aliphatic carbocycles. The van der Waals surface area contributed by atoms with E-state index in [1.807, 2.05) is 47.4 Å². The molecule has 158 valence electrons. The van der Waals surface area contributed by atoms with Gasteiger partial charge < -0.3 is 15.2 Å². The number of aromatic nitrogens is 4. The summed E-state index contributed by atoms with van der Waals surface area (Å²) in [7, 11) is 0. The zero-order valence-electron chi connectivity index (χ0n) is 17.5. The van der Waals surface area contributed by atoms with Crippen molar-refractivity contribution in [2.75, 3.05) is 31.1 Å². The average molecular weight is 422 g/mol. The molecule has 3 aromatic heterocycles. The van der Waals surface area contributed by atoms with Gasteiger partial charge in [-0.05, 0) is 35.4 Å². The van der Waals surface area contributed by atoms with Gasteiger partial charge >= 0.3 is 0 Å². The fourth-order valence-electron chi connectivity index (χ4n) is 4.42. The Kier molecular flexibility index (Phi) is 4.47. The van der Waals surface area contributed by atoms with Crippen LogP contribution in [-0.2, 0) is 0 Å². The zero-order valence-corrected chi connectivity index (χ0v) is 17.5. The number of fused-ring (bicyclic) bond motifs is 2. The molecule has 0 bridgehead atoms. The van der Waals surface area contributed by atoms with Crippen LogP contribution in [0, 0.1) is 0 Å². The lowest BCUT2D eigenvalue weighted by Gasteiger charge is -2.29. The Morgan fingerprint density at radius 3 is 2.53 bits per heavy atom. The van der Waals surface area contributed by atoms with Gasteiger partial charge in [-0.25, -0.2) is 9.50 Å². The molecule has 1 fully saturated rings. The number of rotatable bonds is 3. The van der Waals surface area contributed by atoms with Crippen molar-refractivity contribution in [2.45, 2.75) is 0 Å². The number of pyridine rings is 1. The molecule has 5 aromatic rings. The third kappa shape index (κ3) is 3.23. The third-order valence-electron chi connectivity index (χ3n) is 6.09. The van der Waals surface area contributed by atoms with Gasteiger partial charge in [-0.15, -0.1) is 0 Å². The summed E-state index contributed by atoms with van der Waals surface area (Å²) >= 11 is 0. The summed E-state index contributed by atoms with van der Waals surface area (Å²) in [4.78, 5) is 21.7. The van der Waals surface area contributed by atoms with Gasteiger partial charge in [0.2, 0.25) is 5.56 Å². The number of piperazine rings is 1. The predicted molar refractivity (Wildman–Crippen MR) is 127 cm³/mol. The van der Waals surface area contributed by atoms with Crippen LogP contribution in [0.1, 0.15) is 0 Å². The second-order valence-corrected chi connectivity index (χ2v) is 8.04. The standard InChI is InChI=1S/C25H22N6O/c32-24-9-8-21-20(2-1-3-23(21)29-24)22-15-28-31-16-18(14-27-25(22)31)17-4-6-19(7-5-17)30-12-10-26-11-13-30/h1-9,14-16,26H,10-13H2,(H,29,32). The van der Waals surface area contributed by atoms with Crippen LogP contribution >= 0.6 is 0 Å². The van der Waals surface area contributed by atoms with Gasteiger partial charge in [-0.3, -0.25) is 4.79 Å². The van der Waals surface area contributed by atoms with Gasteiger partial charge in [0.25, 0.3) is 0 Å². The Labute approximate surface area is 184 Å². The highest BCUT2D eigenvalue weighted by molar-refractivity contribution is 5.97. The summed E-state index contributed by atoms with van der Waals surface area (Å²) in [6.07, 6.45) is 5.74. The Hall–Kier alpha value is -3.97. The van der Waals surface area contributed by atoms with E-state index in [2.05, 4.69) is 44.6 Å². The Morgan fingerprint density at radius 2 is 1.69 bits per heavy atom. The molecule has 2 aromatic carbocycles. The lowest BCUT2D eigenvalue weighted by Crippen LogP contribution is -2.43. The summed E-state index contributed by atoms with van der Waals surface area (Å²) in [5.74, 6) is 0. The number of benzene rings is 2. The van der Waals surface area contributed by atoms with Crippen LogP contribution in [0.5, 0.6) is 0 Å². The maximum absolute atomic E-state index is 11.7. The first-order chi connectivity index (χ1) is 15.8. The summed E-state index contributed by atoms with van der Waals surface area (Å²) in [5.41, 5.74) is 6.78. The fraction of sp³-hybridized carbons (Fsp3) is 0.160. The molecule has 4 heterocycles. The maximum Gasteiger partial charge on any atom is 0.248 e. The summed E-state index contributed by atoms with van der Waals surface area (Å²) < 4.78 is 1.82. The van der Waals surface area contributed by atoms with Crippen molar-refractivity contribution in [1.29, 1.82) is 0 Å². The van der Waals surface area contributed by atoms with E-state index in [1.54, 1.807) is 6.07 Å². The van der Waals surface area contributed by atoms with Crippen LogP contribution in [0.4, 0.5) is 5.69 Å². The second-order valence-electron chi connectivity index (χ2n) is 8.04. The van der Waals surface area contributed by atoms with Gasteiger partial charge in [0.15, 0.2) is 5.65 Å². The average Bonchev–Trinajstić information content (AvgIpc) is 3.27. The molecular formula is C25H22N6O. The highest BCUT2D eigenvalue weighted by atomic mass is 16.1. The lowest BCUT2D eigenvalue weighted by molar-refractivity contribution is 0.589. The van der Waals surface area contributed by atoms with Crippen molar-refractivity contribution in [3.05, 3.63) is 83.5 Å². The SMILES string of the molecule is O=c1ccc2c(-c3cnn4cc(-c5ccc(N6CCNCC6)cc5)cnc34)cccc2[nH]1. The molecule has 0 atom stereocenters. The van der Waals surface area contributed by atoms with Crippen molar-refractivity contribution >= 4 is 22.2 Å². The number of aromatic amines is 1. The Morgan fingerprint density at radius 1 is 0.844 bits per heavy atom. The van der Waals surface area contributed by atoms with Crippen molar-refractivity contribution in [1.82, 2.24) is 24.9 Å². The summed E-state index contributed by atoms with van der Waals surface area (Å²) in [5, 5.41) is 8.92. The highest BCUT2D eigenvalue weighted by Crippen LogP contribution is 2.31. The van der Waals surface area contributed by atoms with E-state index in [4.69, 9.17) is 4.98 Å². The molecule has 6 rings (SSSR count). The molecular weight excluding hydrogens is 400 g/mol. The van der Waals surface area contributed by atoms with Crippen molar-refractivity contribution in [3.8, 4) is 22.3 Å². The first-order valence-corrected chi connectivity index (χ1v) is 10.8. The van der Waals surface area contributed by atoms with E-state index >= 15 is 0 Å². The number of hydrogen-bond donors (Lipinski definition) is 2. The van der Waals surface area contributed by atoms with Crippen LogP contribution in [0.25, 0.3) is 38.8 Å². The molecule has 0 saturated carbocycles. The summed E-state index contributed by atoms with van der Waals surface area (Å²) in [6.45, 7) is 4.11. The smallest absolute Gasteiger partial charge is 0.248 e. The van der Waals surface area contributed by atoms with Gasteiger partial charge in [-0.2, -0.15) is 5.10 Å². The number of H-pyrrole nitrogens is 1. The minimum atomic E-state index is -0.111. The van der Waals surface area contributed by atoms with Crippen LogP contribution in [0.15, 0.2) is 78.0 Å². The molecule has 7 nitrogen and oxygen atoms in total. The van der Waals surface area contributed by atoms with Crippen LogP contribution in [0.3, 0.4) is 0 Å². The quantitative estimate of drug-likeness (QED) is 0.466. The molecule has 0 spiro atoms. The van der Waals surface area contributed by atoms with Crippen molar-refractivity contribution in [2.24, 2.45) is 0 Å². The number of hydrogen-bond acceptors (Lipinski definition) is 5. The van der Waals surface area contributed by atoms with Gasteiger partial charge in [0.1, 0.15) is 0 Å². The monoisotopic (exact) mass is 422 g/mol. The largest absolute Gasteiger partial charge is 0.369 e. The number of nitrogens with zero attached hydrogens (tertiary/aromatic N) is 4. The first-order valence-electron chi connectivity index (χ1n) is 10.8. The van der Waals surface area contributed by atoms with Crippen molar-refractivity contribution in [3.63, 3.8) is 0 Å². The zero-order chi connectivity index (χ0) is 21.5. The molecule has 1 saturated heterocycles. The van der Waals surface area contributed by atoms with Crippen LogP contribution < -0.4 is 15.8 Å². The topological polar surface area (TPSA) is 78.3 Å². The van der Waals surface area contributed by atoms with Crippen LogP contribution in [0.2, 0.25) is 0 Å². The minimum absolute atomic E-state index is 0.111. The summed E-state index contributed by atoms with van der Waals surface area (Å²) in [6, 6.07) is 17.9. The molecule has 1 aliphatic heterocycles. The lowest BCUT2D eigenvalue weighted by atomic mass is 10.0. The molecule has 1 aliphatic rings. The van der Waals surface area contributed by atoms with Gasteiger partial charge in [0.05, 0.1) is 6.20 Å². The van der Waals surface area contributed by atoms with E-state index in [0.717, 1.165) is 65.0 Å². The van der Waals surface area contributed by atoms with E-state index in [9.17, 15) is 4.79 Å². The minimum Gasteiger partial charge on any atom is -0.369 e. The Bertz CT molecular complexity index is 1480. The molecule has 0 unspecified atom stereocenters. The van der Waals surface area contributed by atoms with E-state index in [-0.39, 0.29) is 5.56 Å².